The normalized spacial score (nSPS) is 10.7. The number of aromatic nitrogens is 2. The summed E-state index contributed by atoms with van der Waals surface area (Å²) in [5.41, 5.74) is 2.67. The highest BCUT2D eigenvalue weighted by Gasteiger charge is 2.15. The number of nitrogens with zero attached hydrogens (tertiary/aromatic N) is 4. The lowest BCUT2D eigenvalue weighted by Crippen LogP contribution is -2.39. The van der Waals surface area contributed by atoms with Gasteiger partial charge in [-0.1, -0.05) is 39.4 Å². The van der Waals surface area contributed by atoms with E-state index in [-0.39, 0.29) is 6.03 Å². The average molecular weight is 384 g/mol. The molecule has 2 aromatic rings. The van der Waals surface area contributed by atoms with Crippen molar-refractivity contribution >= 4 is 38.4 Å². The molecule has 118 valence electrons. The molecule has 1 aromatic heterocycles. The van der Waals surface area contributed by atoms with E-state index in [4.69, 9.17) is 0 Å². The molecule has 0 aliphatic carbocycles. The molecular formula is C14H18BrN5OS. The van der Waals surface area contributed by atoms with E-state index in [0.29, 0.717) is 18.2 Å². The number of halogens is 1. The zero-order chi connectivity index (χ0) is 15.9. The highest BCUT2D eigenvalue weighted by Crippen LogP contribution is 2.14. The van der Waals surface area contributed by atoms with Gasteiger partial charge in [-0.25, -0.2) is 4.79 Å². The molecule has 6 nitrogen and oxygen atoms in total. The molecule has 0 unspecified atom stereocenters. The summed E-state index contributed by atoms with van der Waals surface area (Å²) in [6.07, 6.45) is 0. The van der Waals surface area contributed by atoms with Crippen LogP contribution in [-0.2, 0) is 6.54 Å². The molecule has 1 N–H and O–H groups in total. The molecule has 1 aromatic carbocycles. The van der Waals surface area contributed by atoms with Crippen LogP contribution in [0.2, 0.25) is 0 Å². The smallest absolute Gasteiger partial charge is 0.319 e. The van der Waals surface area contributed by atoms with Crippen molar-refractivity contribution in [2.45, 2.75) is 6.54 Å². The number of carbonyl (C=O) groups is 1. The highest BCUT2D eigenvalue weighted by molar-refractivity contribution is 9.10. The maximum absolute atomic E-state index is 12.4. The van der Waals surface area contributed by atoms with Crippen LogP contribution in [0.5, 0.6) is 0 Å². The van der Waals surface area contributed by atoms with Gasteiger partial charge in [-0.3, -0.25) is 5.32 Å². The predicted octanol–water partition coefficient (Wildman–Crippen LogP) is 2.90. The number of hydrogen-bond donors (Lipinski definition) is 1. The van der Waals surface area contributed by atoms with Crippen LogP contribution < -0.4 is 5.32 Å². The molecule has 1 heterocycles. The molecule has 0 atom stereocenters. The highest BCUT2D eigenvalue weighted by atomic mass is 79.9. The summed E-state index contributed by atoms with van der Waals surface area (Å²) in [5.74, 6) is 0. The largest absolute Gasteiger partial charge is 0.324 e. The number of amides is 2. The quantitative estimate of drug-likeness (QED) is 0.832. The van der Waals surface area contributed by atoms with Crippen LogP contribution in [0.3, 0.4) is 0 Å². The van der Waals surface area contributed by atoms with E-state index in [1.807, 2.05) is 43.3 Å². The van der Waals surface area contributed by atoms with Crippen molar-refractivity contribution in [1.82, 2.24) is 20.0 Å². The molecule has 2 rings (SSSR count). The van der Waals surface area contributed by atoms with Crippen molar-refractivity contribution in [3.8, 4) is 0 Å². The number of carbonyl (C=O) groups excluding carboxylic acids is 1. The van der Waals surface area contributed by atoms with Crippen molar-refractivity contribution in [3.05, 3.63) is 39.8 Å². The van der Waals surface area contributed by atoms with Crippen molar-refractivity contribution < 1.29 is 4.79 Å². The average Bonchev–Trinajstić information content (AvgIpc) is 2.98. The minimum Gasteiger partial charge on any atom is -0.319 e. The molecule has 8 heteroatoms. The van der Waals surface area contributed by atoms with Crippen LogP contribution in [0.4, 0.5) is 9.93 Å². The first-order valence-corrected chi connectivity index (χ1v) is 8.43. The second kappa shape index (κ2) is 8.21. The summed E-state index contributed by atoms with van der Waals surface area (Å²) < 4.78 is 1.02. The summed E-state index contributed by atoms with van der Waals surface area (Å²) in [7, 11) is 3.97. The van der Waals surface area contributed by atoms with E-state index >= 15 is 0 Å². The van der Waals surface area contributed by atoms with Crippen LogP contribution in [-0.4, -0.2) is 53.2 Å². The summed E-state index contributed by atoms with van der Waals surface area (Å²) in [5, 5.41) is 10.9. The van der Waals surface area contributed by atoms with Gasteiger partial charge < -0.3 is 9.80 Å². The fourth-order valence-corrected chi connectivity index (χ4v) is 2.48. The van der Waals surface area contributed by atoms with Gasteiger partial charge in [-0.2, -0.15) is 0 Å². The Morgan fingerprint density at radius 2 is 2.00 bits per heavy atom. The Bertz CT molecular complexity index is 588. The standard InChI is InChI=1S/C14H18BrN5OS/c1-19(2)7-8-20(9-11-3-5-12(15)6-4-11)14(21)17-13-18-16-10-22-13/h3-6,10H,7-9H2,1-2H3,(H,17,18,21). The van der Waals surface area contributed by atoms with Crippen LogP contribution in [0.25, 0.3) is 0 Å². The zero-order valence-electron chi connectivity index (χ0n) is 12.5. The molecule has 0 saturated heterocycles. The Hall–Kier alpha value is -1.51. The summed E-state index contributed by atoms with van der Waals surface area (Å²) >= 11 is 4.72. The number of hydrogen-bond acceptors (Lipinski definition) is 5. The molecule has 0 fully saturated rings. The predicted molar refractivity (Wildman–Crippen MR) is 92.0 cm³/mol. The van der Waals surface area contributed by atoms with Crippen molar-refractivity contribution in [1.29, 1.82) is 0 Å². The van der Waals surface area contributed by atoms with Crippen LogP contribution in [0, 0.1) is 0 Å². The Morgan fingerprint density at radius 1 is 1.27 bits per heavy atom. The SMILES string of the molecule is CN(C)CCN(Cc1ccc(Br)cc1)C(=O)Nc1nncs1. The number of likely N-dealkylation sites (N-methyl/N-ethyl adjacent to an activating group) is 1. The Balaban J connectivity index is 2.04. The number of benzene rings is 1. The van der Waals surface area contributed by atoms with E-state index in [0.717, 1.165) is 16.6 Å². The van der Waals surface area contributed by atoms with E-state index in [9.17, 15) is 4.79 Å². The van der Waals surface area contributed by atoms with Gasteiger partial charge in [0.2, 0.25) is 5.13 Å². The lowest BCUT2D eigenvalue weighted by molar-refractivity contribution is 0.202. The molecule has 0 aliphatic rings. The van der Waals surface area contributed by atoms with Gasteiger partial charge in [-0.05, 0) is 31.8 Å². The molecule has 2 amide bonds. The summed E-state index contributed by atoms with van der Waals surface area (Å²) in [6, 6.07) is 7.79. The van der Waals surface area contributed by atoms with Gasteiger partial charge in [-0.15, -0.1) is 10.2 Å². The second-order valence-electron chi connectivity index (χ2n) is 5.03. The molecule has 0 saturated carbocycles. The minimum atomic E-state index is -0.165. The minimum absolute atomic E-state index is 0.165. The Kier molecular flexibility index (Phi) is 6.29. The lowest BCUT2D eigenvalue weighted by atomic mass is 10.2. The molecular weight excluding hydrogens is 366 g/mol. The number of nitrogens with one attached hydrogen (secondary N) is 1. The van der Waals surface area contributed by atoms with Crippen LogP contribution in [0.15, 0.2) is 34.2 Å². The van der Waals surface area contributed by atoms with Crippen molar-refractivity contribution in [3.63, 3.8) is 0 Å². The van der Waals surface area contributed by atoms with Gasteiger partial charge in [0.05, 0.1) is 0 Å². The third kappa shape index (κ3) is 5.36. The lowest BCUT2D eigenvalue weighted by Gasteiger charge is -2.24. The summed E-state index contributed by atoms with van der Waals surface area (Å²) in [4.78, 5) is 16.2. The maximum atomic E-state index is 12.4. The molecule has 0 radical (unpaired) electrons. The number of rotatable bonds is 6. The Labute approximate surface area is 142 Å². The molecule has 0 aliphatic heterocycles. The van der Waals surface area contributed by atoms with Crippen molar-refractivity contribution in [2.24, 2.45) is 0 Å². The first-order valence-electron chi connectivity index (χ1n) is 6.76. The zero-order valence-corrected chi connectivity index (χ0v) is 14.9. The second-order valence-corrected chi connectivity index (χ2v) is 6.77. The van der Waals surface area contributed by atoms with E-state index in [1.165, 1.54) is 11.3 Å². The first-order chi connectivity index (χ1) is 10.5. The van der Waals surface area contributed by atoms with E-state index in [1.54, 1.807) is 10.4 Å². The third-order valence-corrected chi connectivity index (χ3v) is 4.10. The maximum Gasteiger partial charge on any atom is 0.324 e. The first kappa shape index (κ1) is 16.9. The van der Waals surface area contributed by atoms with E-state index in [2.05, 4.69) is 31.4 Å². The van der Waals surface area contributed by atoms with Crippen LogP contribution in [0.1, 0.15) is 5.56 Å². The van der Waals surface area contributed by atoms with Crippen LogP contribution >= 0.6 is 27.3 Å². The summed E-state index contributed by atoms with van der Waals surface area (Å²) in [6.45, 7) is 1.97. The van der Waals surface area contributed by atoms with Gasteiger partial charge in [0.15, 0.2) is 0 Å². The fourth-order valence-electron chi connectivity index (χ4n) is 1.78. The number of anilines is 1. The molecule has 0 spiro atoms. The monoisotopic (exact) mass is 383 g/mol. The van der Waals surface area contributed by atoms with Gasteiger partial charge in [0.25, 0.3) is 0 Å². The van der Waals surface area contributed by atoms with Gasteiger partial charge in [0.1, 0.15) is 5.51 Å². The van der Waals surface area contributed by atoms with E-state index < -0.39 is 0 Å². The topological polar surface area (TPSA) is 61.4 Å². The number of urea groups is 1. The van der Waals surface area contributed by atoms with Gasteiger partial charge >= 0.3 is 6.03 Å². The Morgan fingerprint density at radius 3 is 2.59 bits per heavy atom. The third-order valence-electron chi connectivity index (χ3n) is 2.96. The molecule has 22 heavy (non-hydrogen) atoms. The van der Waals surface area contributed by atoms with Gasteiger partial charge in [0, 0.05) is 24.1 Å². The molecule has 0 bridgehead atoms. The van der Waals surface area contributed by atoms with Crippen molar-refractivity contribution in [2.75, 3.05) is 32.5 Å². The fraction of sp³-hybridized carbons (Fsp3) is 0.357.